The number of benzene rings is 2. The summed E-state index contributed by atoms with van der Waals surface area (Å²) in [6.07, 6.45) is 6.80. The molecule has 4 atom stereocenters. The second-order valence-corrected chi connectivity index (χ2v) is 9.22. The molecule has 2 heteroatoms. The van der Waals surface area contributed by atoms with Crippen LogP contribution in [0.3, 0.4) is 0 Å². The quantitative estimate of drug-likeness (QED) is 0.308. The molecule has 0 saturated heterocycles. The molecule has 0 N–H and O–H groups in total. The van der Waals surface area contributed by atoms with Crippen LogP contribution >= 0.6 is 0 Å². The summed E-state index contributed by atoms with van der Waals surface area (Å²) in [6, 6.07) is 17.0. The van der Waals surface area contributed by atoms with Crippen molar-refractivity contribution in [3.8, 4) is 0 Å². The van der Waals surface area contributed by atoms with Crippen LogP contribution in [-0.4, -0.2) is 11.6 Å². The fourth-order valence-electron chi connectivity index (χ4n) is 4.63. The Balaban J connectivity index is 2.25. The van der Waals surface area contributed by atoms with E-state index in [-0.39, 0.29) is 35.2 Å². The maximum atomic E-state index is 12.1. The molecule has 0 aromatic heterocycles. The highest BCUT2D eigenvalue weighted by Crippen LogP contribution is 2.38. The van der Waals surface area contributed by atoms with E-state index < -0.39 is 0 Å². The van der Waals surface area contributed by atoms with E-state index in [1.54, 1.807) is 13.8 Å². The van der Waals surface area contributed by atoms with E-state index in [9.17, 15) is 9.59 Å². The molecule has 0 heterocycles. The van der Waals surface area contributed by atoms with Crippen LogP contribution in [-0.2, 0) is 9.59 Å². The molecule has 0 unspecified atom stereocenters. The molecule has 0 bridgehead atoms. The lowest BCUT2D eigenvalue weighted by atomic mass is 9.75. The molecule has 0 radical (unpaired) electrons. The van der Waals surface area contributed by atoms with Crippen LogP contribution in [0.15, 0.2) is 73.8 Å². The first-order chi connectivity index (χ1) is 15.2. The molecule has 0 fully saturated rings. The van der Waals surface area contributed by atoms with Gasteiger partial charge < -0.3 is 9.59 Å². The van der Waals surface area contributed by atoms with Crippen molar-refractivity contribution in [1.29, 1.82) is 0 Å². The van der Waals surface area contributed by atoms with Crippen LogP contribution in [0, 0.1) is 25.7 Å². The SMILES string of the molecule is C=C[C@H](CC[C@H](C=C)[C@H](CC(C)=O)c1ccc(C)cc1)[C@@H](CC(C)=O)c1ccc(C)cc1. The Morgan fingerprint density at radius 1 is 0.688 bits per heavy atom. The molecule has 0 aliphatic rings. The summed E-state index contributed by atoms with van der Waals surface area (Å²) in [4.78, 5) is 24.1. The van der Waals surface area contributed by atoms with Crippen molar-refractivity contribution in [3.63, 3.8) is 0 Å². The van der Waals surface area contributed by atoms with Gasteiger partial charge in [0.15, 0.2) is 0 Å². The van der Waals surface area contributed by atoms with Gasteiger partial charge in [-0.2, -0.15) is 0 Å². The number of hydrogen-bond donors (Lipinski definition) is 0. The van der Waals surface area contributed by atoms with Crippen LogP contribution in [0.4, 0.5) is 0 Å². The van der Waals surface area contributed by atoms with E-state index in [0.29, 0.717) is 12.8 Å². The molecule has 32 heavy (non-hydrogen) atoms. The molecule has 0 spiro atoms. The Hall–Kier alpha value is -2.74. The van der Waals surface area contributed by atoms with Gasteiger partial charge in [-0.05, 0) is 75.3 Å². The number of carbonyl (C=O) groups is 2. The van der Waals surface area contributed by atoms with E-state index in [0.717, 1.165) is 12.8 Å². The molecule has 0 aliphatic carbocycles. The summed E-state index contributed by atoms with van der Waals surface area (Å²) in [5.74, 6) is 0.970. The molecule has 2 rings (SSSR count). The predicted molar refractivity (Wildman–Crippen MR) is 135 cm³/mol. The van der Waals surface area contributed by atoms with Crippen molar-refractivity contribution in [1.82, 2.24) is 0 Å². The van der Waals surface area contributed by atoms with Crippen molar-refractivity contribution in [2.24, 2.45) is 11.8 Å². The molecule has 0 amide bonds. The van der Waals surface area contributed by atoms with E-state index in [4.69, 9.17) is 0 Å². The van der Waals surface area contributed by atoms with Crippen LogP contribution in [0.2, 0.25) is 0 Å². The molecule has 170 valence electrons. The highest BCUT2D eigenvalue weighted by atomic mass is 16.1. The number of allylic oxidation sites excluding steroid dienone is 2. The summed E-state index contributed by atoms with van der Waals surface area (Å²) < 4.78 is 0. The summed E-state index contributed by atoms with van der Waals surface area (Å²) in [6.45, 7) is 15.7. The topological polar surface area (TPSA) is 34.1 Å². The Morgan fingerprint density at radius 2 is 1.00 bits per heavy atom. The molecule has 2 aromatic rings. The smallest absolute Gasteiger partial charge is 0.130 e. The number of ketones is 2. The monoisotopic (exact) mass is 430 g/mol. The van der Waals surface area contributed by atoms with Gasteiger partial charge in [0.05, 0.1) is 0 Å². The maximum Gasteiger partial charge on any atom is 0.130 e. The minimum atomic E-state index is 0.113. The lowest BCUT2D eigenvalue weighted by molar-refractivity contribution is -0.118. The first kappa shape index (κ1) is 25.5. The van der Waals surface area contributed by atoms with Crippen LogP contribution < -0.4 is 0 Å². The number of rotatable bonds is 13. The Bertz CT molecular complexity index is 827. The third-order valence-electron chi connectivity index (χ3n) is 6.50. The Kier molecular flexibility index (Phi) is 9.84. The van der Waals surface area contributed by atoms with Gasteiger partial charge in [-0.15, -0.1) is 13.2 Å². The average Bonchev–Trinajstić information content (AvgIpc) is 2.75. The van der Waals surface area contributed by atoms with Gasteiger partial charge in [-0.25, -0.2) is 0 Å². The lowest BCUT2D eigenvalue weighted by Gasteiger charge is -2.29. The van der Waals surface area contributed by atoms with Gasteiger partial charge in [-0.1, -0.05) is 71.8 Å². The highest BCUT2D eigenvalue weighted by Gasteiger charge is 2.27. The zero-order valence-corrected chi connectivity index (χ0v) is 20.1. The third kappa shape index (κ3) is 7.44. The normalized spacial score (nSPS) is 14.8. The van der Waals surface area contributed by atoms with Crippen molar-refractivity contribution in [3.05, 3.63) is 96.1 Å². The van der Waals surface area contributed by atoms with Crippen LogP contribution in [0.25, 0.3) is 0 Å². The molecule has 0 aliphatic heterocycles. The fraction of sp³-hybridized carbons (Fsp3) is 0.400. The molecule has 2 aromatic carbocycles. The number of carbonyl (C=O) groups excluding carboxylic acids is 2. The highest BCUT2D eigenvalue weighted by molar-refractivity contribution is 5.77. The maximum absolute atomic E-state index is 12.1. The molecular formula is C30H38O2. The van der Waals surface area contributed by atoms with E-state index in [2.05, 4.69) is 75.5 Å². The van der Waals surface area contributed by atoms with Crippen molar-refractivity contribution < 1.29 is 9.59 Å². The van der Waals surface area contributed by atoms with Gasteiger partial charge in [-0.3, -0.25) is 0 Å². The summed E-state index contributed by atoms with van der Waals surface area (Å²) in [5.41, 5.74) is 4.79. The number of hydrogen-bond acceptors (Lipinski definition) is 2. The standard InChI is InChI=1S/C30H38O2/c1-7-25(29(19-23(5)31)27-13-9-21(3)10-14-27)17-18-26(8-2)30(20-24(6)32)28-15-11-22(4)12-16-28/h7-16,25-26,29-30H,1-2,17-20H2,3-6H3/t25-,26+,29-,30+. The number of aryl methyl sites for hydroxylation is 2. The van der Waals surface area contributed by atoms with E-state index >= 15 is 0 Å². The third-order valence-corrected chi connectivity index (χ3v) is 6.50. The fourth-order valence-corrected chi connectivity index (χ4v) is 4.63. The van der Waals surface area contributed by atoms with Gasteiger partial charge >= 0.3 is 0 Å². The molecular weight excluding hydrogens is 392 g/mol. The second-order valence-electron chi connectivity index (χ2n) is 9.22. The minimum Gasteiger partial charge on any atom is -0.300 e. The Morgan fingerprint density at radius 3 is 1.25 bits per heavy atom. The van der Waals surface area contributed by atoms with Crippen molar-refractivity contribution >= 4 is 11.6 Å². The minimum absolute atomic E-state index is 0.113. The lowest BCUT2D eigenvalue weighted by Crippen LogP contribution is -2.19. The first-order valence-electron chi connectivity index (χ1n) is 11.6. The largest absolute Gasteiger partial charge is 0.300 e. The Labute approximate surface area is 194 Å². The second kappa shape index (κ2) is 12.3. The van der Waals surface area contributed by atoms with E-state index in [1.165, 1.54) is 22.3 Å². The van der Waals surface area contributed by atoms with E-state index in [1.807, 2.05) is 12.2 Å². The van der Waals surface area contributed by atoms with Gasteiger partial charge in [0.25, 0.3) is 0 Å². The summed E-state index contributed by atoms with van der Waals surface area (Å²) in [7, 11) is 0. The zero-order chi connectivity index (χ0) is 23.7. The van der Waals surface area contributed by atoms with Gasteiger partial charge in [0, 0.05) is 12.8 Å². The zero-order valence-electron chi connectivity index (χ0n) is 20.1. The van der Waals surface area contributed by atoms with Crippen molar-refractivity contribution in [2.45, 2.75) is 65.2 Å². The first-order valence-corrected chi connectivity index (χ1v) is 11.6. The molecule has 2 nitrogen and oxygen atoms in total. The van der Waals surface area contributed by atoms with Gasteiger partial charge in [0.1, 0.15) is 11.6 Å². The van der Waals surface area contributed by atoms with Crippen LogP contribution in [0.1, 0.15) is 73.6 Å². The predicted octanol–water partition coefficient (Wildman–Crippen LogP) is 7.51. The van der Waals surface area contributed by atoms with Crippen LogP contribution in [0.5, 0.6) is 0 Å². The summed E-state index contributed by atoms with van der Waals surface area (Å²) >= 11 is 0. The summed E-state index contributed by atoms with van der Waals surface area (Å²) in [5, 5.41) is 0. The van der Waals surface area contributed by atoms with Gasteiger partial charge in [0.2, 0.25) is 0 Å². The molecule has 0 saturated carbocycles. The van der Waals surface area contributed by atoms with Crippen molar-refractivity contribution in [2.75, 3.05) is 0 Å². The number of Topliss-reactive ketones (excluding diaryl/α,β-unsaturated/α-hetero) is 2. The average molecular weight is 431 g/mol.